The Morgan fingerprint density at radius 3 is 2.61 bits per heavy atom. The van der Waals surface area contributed by atoms with Gasteiger partial charge in [-0.15, -0.1) is 12.3 Å². The Balaban J connectivity index is -0.00000147. The molecule has 1 rings (SSSR count). The Bertz CT molecular complexity index is 401. The summed E-state index contributed by atoms with van der Waals surface area (Å²) >= 11 is 0. The van der Waals surface area contributed by atoms with Gasteiger partial charge < -0.3 is 20.9 Å². The molecule has 3 radical (unpaired) electrons. The van der Waals surface area contributed by atoms with Crippen LogP contribution in [0.25, 0.3) is 0 Å². The van der Waals surface area contributed by atoms with Crippen LogP contribution >= 0.6 is 0 Å². The molecule has 0 aliphatic carbocycles. The fourth-order valence-electron chi connectivity index (χ4n) is 2.56. The number of aliphatic hydroxyl groups is 1. The van der Waals surface area contributed by atoms with Gasteiger partial charge in [-0.05, 0) is 33.6 Å². The van der Waals surface area contributed by atoms with E-state index in [2.05, 4.69) is 5.92 Å². The second-order valence-corrected chi connectivity index (χ2v) is 6.46. The van der Waals surface area contributed by atoms with E-state index >= 15 is 0 Å². The minimum atomic E-state index is -0.521. The van der Waals surface area contributed by atoms with Gasteiger partial charge in [-0.3, -0.25) is 0 Å². The first-order valence-corrected chi connectivity index (χ1v) is 7.40. The third-order valence-corrected chi connectivity index (χ3v) is 3.63. The van der Waals surface area contributed by atoms with Crippen LogP contribution in [-0.2, 0) is 9.47 Å². The van der Waals surface area contributed by atoms with E-state index < -0.39 is 11.7 Å². The zero-order chi connectivity index (χ0) is 16.0. The van der Waals surface area contributed by atoms with Gasteiger partial charge in [-0.2, -0.15) is 0 Å². The number of methoxy groups -OCH3 is 1. The van der Waals surface area contributed by atoms with Crippen LogP contribution in [0.3, 0.4) is 0 Å². The van der Waals surface area contributed by atoms with E-state index in [4.69, 9.17) is 15.9 Å². The fourth-order valence-corrected chi connectivity index (χ4v) is 2.56. The Hall–Kier alpha value is -0.185. The number of carbonyl (C=O) groups excluding carboxylic acids is 1. The van der Waals surface area contributed by atoms with Crippen molar-refractivity contribution in [3.05, 3.63) is 0 Å². The second-order valence-electron chi connectivity index (χ2n) is 6.46. The summed E-state index contributed by atoms with van der Waals surface area (Å²) in [6.45, 7) is 6.45. The maximum atomic E-state index is 12.1. The van der Waals surface area contributed by atoms with E-state index in [0.717, 1.165) is 0 Å². The van der Waals surface area contributed by atoms with Crippen molar-refractivity contribution in [2.45, 2.75) is 57.8 Å². The Morgan fingerprint density at radius 2 is 2.13 bits per heavy atom. The van der Waals surface area contributed by atoms with Crippen molar-refractivity contribution in [1.82, 2.24) is 4.90 Å². The van der Waals surface area contributed by atoms with Crippen molar-refractivity contribution in [2.75, 3.05) is 20.2 Å². The van der Waals surface area contributed by atoms with Crippen molar-refractivity contribution < 1.29 is 50.4 Å². The van der Waals surface area contributed by atoms with Crippen LogP contribution in [-0.4, -0.2) is 62.5 Å². The number of rotatable bonds is 4. The fraction of sp³-hybridized carbons (Fsp3) is 0.812. The molecule has 1 heterocycles. The average molecular weight is 332 g/mol. The van der Waals surface area contributed by atoms with Crippen LogP contribution in [0.5, 0.6) is 0 Å². The number of ether oxygens (including phenoxy) is 2. The minimum absolute atomic E-state index is 0. The van der Waals surface area contributed by atoms with Crippen LogP contribution in [0, 0.1) is 18.3 Å². The summed E-state index contributed by atoms with van der Waals surface area (Å²) in [5.74, 6) is 2.45. The molecule has 3 unspecified atom stereocenters. The molecule has 3 atom stereocenters. The van der Waals surface area contributed by atoms with E-state index in [-0.39, 0.29) is 57.5 Å². The van der Waals surface area contributed by atoms with Gasteiger partial charge in [-0.25, -0.2) is 4.79 Å². The molecule has 1 aliphatic rings. The largest absolute Gasteiger partial charge is 1.00 e. The molecule has 1 amide bonds. The monoisotopic (exact) mass is 332 g/mol. The van der Waals surface area contributed by atoms with Gasteiger partial charge >= 0.3 is 35.7 Å². The number of carbonyl (C=O) groups is 1. The summed E-state index contributed by atoms with van der Waals surface area (Å²) in [7, 11) is 1.61. The van der Waals surface area contributed by atoms with Gasteiger partial charge in [0.1, 0.15) is 5.60 Å². The molecule has 0 bridgehead atoms. The number of amides is 1. The molecule has 5 nitrogen and oxygen atoms in total. The summed E-state index contributed by atoms with van der Waals surface area (Å²) in [4.78, 5) is 13.8. The number of hydrogen-bond donors (Lipinski definition) is 1. The molecule has 23 heavy (non-hydrogen) atoms. The Kier molecular flexibility index (Phi) is 12.4. The standard InChI is InChI=1S/C16H27NO4.B.Na.H/c1-6-7-8-14(20-5)12-11-17(10-9-13(12)18)15(19)21-16(2,3)4;;;/h1,12-14,18H,7-11H2,2-5H3;;;/q;;+1;-1. The molecule has 7 heteroatoms. The van der Waals surface area contributed by atoms with Gasteiger partial charge in [0.2, 0.25) is 0 Å². The van der Waals surface area contributed by atoms with Crippen LogP contribution in [0.2, 0.25) is 0 Å². The van der Waals surface area contributed by atoms with Gasteiger partial charge in [0, 0.05) is 41.0 Å². The quantitative estimate of drug-likeness (QED) is 0.517. The molecule has 1 aliphatic heterocycles. The molecular formula is C16H28BNNaO4. The van der Waals surface area contributed by atoms with Crippen molar-refractivity contribution in [3.63, 3.8) is 0 Å². The smallest absolute Gasteiger partial charge is 1.00 e. The van der Waals surface area contributed by atoms with Crippen LogP contribution < -0.4 is 29.6 Å². The number of hydrogen-bond acceptors (Lipinski definition) is 4. The van der Waals surface area contributed by atoms with Crippen LogP contribution in [0.15, 0.2) is 0 Å². The summed E-state index contributed by atoms with van der Waals surface area (Å²) < 4.78 is 10.8. The number of nitrogens with zero attached hydrogens (tertiary/aromatic N) is 1. The van der Waals surface area contributed by atoms with Gasteiger partial charge in [0.25, 0.3) is 0 Å². The van der Waals surface area contributed by atoms with Gasteiger partial charge in [0.15, 0.2) is 0 Å². The maximum Gasteiger partial charge on any atom is 1.00 e. The predicted octanol–water partition coefficient (Wildman–Crippen LogP) is -1.23. The van der Waals surface area contributed by atoms with Crippen molar-refractivity contribution in [1.29, 1.82) is 0 Å². The van der Waals surface area contributed by atoms with Crippen LogP contribution in [0.1, 0.15) is 41.5 Å². The first kappa shape index (κ1) is 25.1. The average Bonchev–Trinajstić information content (AvgIpc) is 2.39. The summed E-state index contributed by atoms with van der Waals surface area (Å²) in [5.41, 5.74) is -0.521. The Morgan fingerprint density at radius 1 is 1.52 bits per heavy atom. The number of likely N-dealkylation sites (tertiary alicyclic amines) is 1. The van der Waals surface area contributed by atoms with Crippen LogP contribution in [0.4, 0.5) is 4.79 Å². The minimum Gasteiger partial charge on any atom is -1.00 e. The van der Waals surface area contributed by atoms with E-state index in [0.29, 0.717) is 32.4 Å². The topological polar surface area (TPSA) is 59.0 Å². The van der Waals surface area contributed by atoms with Crippen molar-refractivity contribution in [2.24, 2.45) is 5.92 Å². The van der Waals surface area contributed by atoms with E-state index in [1.54, 1.807) is 12.0 Å². The number of piperidine rings is 1. The Labute approximate surface area is 165 Å². The second kappa shape index (κ2) is 11.4. The van der Waals surface area contributed by atoms with Crippen molar-refractivity contribution in [3.8, 4) is 12.3 Å². The normalized spacial score (nSPS) is 22.2. The molecule has 0 aromatic carbocycles. The molecule has 1 N–H and O–H groups in total. The van der Waals surface area contributed by atoms with E-state index in [9.17, 15) is 9.90 Å². The number of terminal acetylenes is 1. The molecule has 1 saturated heterocycles. The van der Waals surface area contributed by atoms with E-state index in [1.165, 1.54) is 0 Å². The molecule has 0 aromatic rings. The third kappa shape index (κ3) is 8.46. The summed E-state index contributed by atoms with van der Waals surface area (Å²) in [6, 6.07) is 0. The van der Waals surface area contributed by atoms with Gasteiger partial charge in [-0.1, -0.05) is 0 Å². The predicted molar refractivity (Wildman–Crippen MR) is 87.7 cm³/mol. The van der Waals surface area contributed by atoms with Crippen molar-refractivity contribution >= 4 is 14.5 Å². The number of aliphatic hydroxyl groups excluding tert-OH is 1. The first-order chi connectivity index (χ1) is 9.78. The molecule has 0 spiro atoms. The summed E-state index contributed by atoms with van der Waals surface area (Å²) in [6.07, 6.45) is 6.11. The SMILES string of the molecule is C#CCCC(OC)C1CN(C(=O)OC(C)(C)C)CCC1O.[B].[H-].[Na+]. The van der Waals surface area contributed by atoms with Gasteiger partial charge in [0.05, 0.1) is 12.2 Å². The first-order valence-electron chi connectivity index (χ1n) is 7.40. The maximum absolute atomic E-state index is 12.1. The zero-order valence-electron chi connectivity index (χ0n) is 16.0. The van der Waals surface area contributed by atoms with E-state index in [1.807, 2.05) is 20.8 Å². The summed E-state index contributed by atoms with van der Waals surface area (Å²) in [5, 5.41) is 10.2. The molecular weight excluding hydrogens is 304 g/mol. The molecule has 125 valence electrons. The third-order valence-electron chi connectivity index (χ3n) is 3.63. The molecule has 0 aromatic heterocycles. The molecule has 0 saturated carbocycles. The molecule has 1 fully saturated rings. The zero-order valence-corrected chi connectivity index (χ0v) is 17.0.